The van der Waals surface area contributed by atoms with E-state index in [4.69, 9.17) is 0 Å². The number of anilines is 12. The summed E-state index contributed by atoms with van der Waals surface area (Å²) in [5.41, 5.74) is 41.0. The second kappa shape index (κ2) is 27.5. The van der Waals surface area contributed by atoms with E-state index in [0.29, 0.717) is 11.8 Å². The summed E-state index contributed by atoms with van der Waals surface area (Å²) >= 11 is 0. The normalized spacial score (nSPS) is 23.4. The van der Waals surface area contributed by atoms with Crippen LogP contribution in [0, 0.1) is 47.3 Å². The van der Waals surface area contributed by atoms with E-state index in [2.05, 4.69) is 403 Å². The Labute approximate surface area is 723 Å². The van der Waals surface area contributed by atoms with Crippen molar-refractivity contribution >= 4 is 114 Å². The Kier molecular flexibility index (Phi) is 16.7. The van der Waals surface area contributed by atoms with Crippen molar-refractivity contribution < 1.29 is 0 Å². The first-order valence-corrected chi connectivity index (χ1v) is 45.9. The lowest BCUT2D eigenvalue weighted by molar-refractivity contribution is -0.151. The highest BCUT2D eigenvalue weighted by Gasteiger charge is 2.64. The quantitative estimate of drug-likeness (QED) is 0.120. The molecular weight excluding hydrogens is 1470 g/mol. The predicted molar refractivity (Wildman–Crippen MR) is 516 cm³/mol. The lowest BCUT2D eigenvalue weighted by Gasteiger charge is -2.68. The third-order valence-corrected chi connectivity index (χ3v) is 31.9. The molecular formula is C116H108B2N4. The summed E-state index contributed by atoms with van der Waals surface area (Å²) in [7, 11) is 0. The first kappa shape index (κ1) is 74.3. The van der Waals surface area contributed by atoms with Gasteiger partial charge in [0.1, 0.15) is 0 Å². The van der Waals surface area contributed by atoms with E-state index in [9.17, 15) is 0 Å². The van der Waals surface area contributed by atoms with E-state index in [1.165, 1.54) is 226 Å². The molecule has 4 aliphatic heterocycles. The summed E-state index contributed by atoms with van der Waals surface area (Å²) in [4.78, 5) is 10.7. The van der Waals surface area contributed by atoms with Gasteiger partial charge in [0, 0.05) is 68.2 Å². The molecule has 598 valence electrons. The van der Waals surface area contributed by atoms with Crippen LogP contribution in [0.15, 0.2) is 322 Å². The second-order valence-corrected chi connectivity index (χ2v) is 42.0. The molecule has 4 heterocycles. The molecule has 14 aromatic rings. The highest BCUT2D eigenvalue weighted by atomic mass is 15.2. The van der Waals surface area contributed by atoms with Crippen LogP contribution < -0.4 is 52.4 Å². The van der Waals surface area contributed by atoms with Crippen LogP contribution >= 0.6 is 0 Å². The maximum absolute atomic E-state index is 2.84. The van der Waals surface area contributed by atoms with E-state index < -0.39 is 0 Å². The average Bonchev–Trinajstić information content (AvgIpc) is 0.690. The van der Waals surface area contributed by atoms with Gasteiger partial charge in [-0.3, -0.25) is 0 Å². The van der Waals surface area contributed by atoms with Crippen molar-refractivity contribution in [2.45, 2.75) is 154 Å². The van der Waals surface area contributed by atoms with Crippen molar-refractivity contribution in [3.63, 3.8) is 0 Å². The minimum absolute atomic E-state index is 0.0365. The molecule has 0 spiro atoms. The molecule has 0 N–H and O–H groups in total. The molecule has 0 saturated heterocycles. The maximum atomic E-state index is 2.84. The molecule has 4 atom stereocenters. The lowest BCUT2D eigenvalue weighted by Crippen LogP contribution is -2.62. The molecule has 14 aromatic carbocycles. The molecule has 0 aromatic heterocycles. The van der Waals surface area contributed by atoms with Crippen LogP contribution in [0.25, 0.3) is 44.5 Å². The van der Waals surface area contributed by atoms with Crippen molar-refractivity contribution in [1.29, 1.82) is 0 Å². The van der Waals surface area contributed by atoms with Crippen LogP contribution in [0.1, 0.15) is 154 Å². The second-order valence-electron chi connectivity index (χ2n) is 42.0. The molecule has 6 heteroatoms. The highest BCUT2D eigenvalue weighted by molar-refractivity contribution is 7.01. The van der Waals surface area contributed by atoms with Crippen molar-refractivity contribution in [1.82, 2.24) is 0 Å². The first-order valence-electron chi connectivity index (χ1n) is 45.9. The summed E-state index contributed by atoms with van der Waals surface area (Å²) in [6.07, 6.45) is 13.4. The smallest absolute Gasteiger partial charge is 0.252 e. The Morgan fingerprint density at radius 2 is 0.533 bits per heavy atom. The standard InChI is InChI=1S/C116H108B2N4/c1-112(2,3)87-39-49-94(50-40-87)119-102-55-43-89(114(7,8)9)63-98(102)118-99-64-90(44-56-103(99)120(105-32-22-31-104(119)110(105)118)95-51-41-88(42-52-95)113(4,5)6)115-67-73-57-83(69-115)108(84(58-73)70-115)109-85-59-74-60-86(109)72-116(68-74,71-85)91-65-106-111-107(66-91)122(93-47-35-80(36-48-93)76-25-16-11-17-26-76)101-54-38-82(78-29-20-13-21-30-78)62-97(101)117(111)96-61-81(77-27-18-12-19-28-77)37-53-100(96)121(106)92-45-33-79(34-46-92)75-23-14-10-15-24-75/h10-56,61-66,73-74,83-86,108-109H,57-60,67-72H2,1-9H3. The van der Waals surface area contributed by atoms with Crippen LogP contribution in [0.3, 0.4) is 0 Å². The Balaban J connectivity index is 0.627. The zero-order valence-electron chi connectivity index (χ0n) is 72.2. The number of fused-ring (bicyclic) bond motifs is 9. The molecule has 26 rings (SSSR count). The molecule has 0 radical (unpaired) electrons. The fourth-order valence-electron chi connectivity index (χ4n) is 27.0. The Hall–Kier alpha value is -11.6. The SMILES string of the molecule is CC(C)(C)c1ccc(N2c3ccc(C(C)(C)C)cc3B3c4cc(C56CC7CC(C5)C(C5C8CC9CC5CC(c5cc%10c%11c(c5)N(c5ccc(-c%12ccccc%12)cc5)c5ccc(-c%12ccccc%12)cc5B%11c5cc(-c%11ccccc%11)ccc5N%10c5ccc(-c%10ccccc%10)cc5)(C9)C8)C(C7)C6)ccc4N(c4ccc(C(C)(C)C)cc4)c4cccc2c43)cc1. The van der Waals surface area contributed by atoms with Crippen LogP contribution in [0.5, 0.6) is 0 Å². The third-order valence-electron chi connectivity index (χ3n) is 31.9. The summed E-state index contributed by atoms with van der Waals surface area (Å²) in [5.74, 6) is 5.93. The van der Waals surface area contributed by atoms with Gasteiger partial charge in [-0.05, 0) is 341 Å². The molecule has 0 amide bonds. The van der Waals surface area contributed by atoms with Crippen molar-refractivity contribution in [2.75, 3.05) is 19.6 Å². The zero-order chi connectivity index (χ0) is 82.0. The summed E-state index contributed by atoms with van der Waals surface area (Å²) in [5, 5.41) is 0. The minimum Gasteiger partial charge on any atom is -0.311 e. The monoisotopic (exact) mass is 1580 g/mol. The number of benzene rings is 14. The maximum Gasteiger partial charge on any atom is 0.252 e. The van der Waals surface area contributed by atoms with Crippen LogP contribution in [0.2, 0.25) is 0 Å². The van der Waals surface area contributed by atoms with Gasteiger partial charge < -0.3 is 19.6 Å². The van der Waals surface area contributed by atoms with Gasteiger partial charge >= 0.3 is 0 Å². The molecule has 4 unspecified atom stereocenters. The van der Waals surface area contributed by atoms with E-state index in [0.717, 1.165) is 35.5 Å². The van der Waals surface area contributed by atoms with E-state index in [1.54, 1.807) is 11.1 Å². The summed E-state index contributed by atoms with van der Waals surface area (Å²) in [6.45, 7) is 21.2. The van der Waals surface area contributed by atoms with E-state index >= 15 is 0 Å². The third kappa shape index (κ3) is 11.7. The van der Waals surface area contributed by atoms with Crippen molar-refractivity contribution in [2.24, 2.45) is 47.3 Å². The number of rotatable bonds is 11. The molecule has 4 nitrogen and oxygen atoms in total. The van der Waals surface area contributed by atoms with Gasteiger partial charge in [-0.15, -0.1) is 0 Å². The predicted octanol–water partition coefficient (Wildman–Crippen LogP) is 26.5. The zero-order valence-corrected chi connectivity index (χ0v) is 72.2. The van der Waals surface area contributed by atoms with Crippen molar-refractivity contribution in [3.05, 3.63) is 349 Å². The highest BCUT2D eigenvalue weighted by Crippen LogP contribution is 2.72. The first-order chi connectivity index (χ1) is 59.2. The van der Waals surface area contributed by atoms with Gasteiger partial charge in [0.15, 0.2) is 0 Å². The number of hydrogen-bond donors (Lipinski definition) is 0. The molecule has 12 aliphatic rings. The molecule has 8 saturated carbocycles. The lowest BCUT2D eigenvalue weighted by atomic mass is 9.32. The van der Waals surface area contributed by atoms with E-state index in [1.807, 2.05) is 0 Å². The minimum atomic E-state index is -0.0527. The number of nitrogens with zero attached hydrogens (tertiary/aromatic N) is 4. The van der Waals surface area contributed by atoms with Gasteiger partial charge in [-0.2, -0.15) is 0 Å². The molecule has 8 fully saturated rings. The van der Waals surface area contributed by atoms with E-state index in [-0.39, 0.29) is 40.5 Å². The molecule has 8 bridgehead atoms. The van der Waals surface area contributed by atoms with Gasteiger partial charge in [-0.25, -0.2) is 0 Å². The molecule has 8 aliphatic carbocycles. The van der Waals surface area contributed by atoms with Gasteiger partial charge in [0.25, 0.3) is 13.4 Å². The van der Waals surface area contributed by atoms with Crippen LogP contribution in [-0.4, -0.2) is 13.4 Å². The fourth-order valence-corrected chi connectivity index (χ4v) is 27.0. The average molecular weight is 1580 g/mol. The summed E-state index contributed by atoms with van der Waals surface area (Å²) in [6, 6.07) is 126. The molecule has 122 heavy (non-hydrogen) atoms. The number of hydrogen-bond acceptors (Lipinski definition) is 4. The Morgan fingerprint density at radius 3 is 0.918 bits per heavy atom. The van der Waals surface area contributed by atoms with Crippen LogP contribution in [-0.2, 0) is 27.1 Å². The van der Waals surface area contributed by atoms with Gasteiger partial charge in [0.05, 0.1) is 0 Å². The Morgan fingerprint density at radius 1 is 0.238 bits per heavy atom. The topological polar surface area (TPSA) is 13.0 Å². The largest absolute Gasteiger partial charge is 0.311 e. The van der Waals surface area contributed by atoms with Crippen LogP contribution in [0.4, 0.5) is 68.2 Å². The van der Waals surface area contributed by atoms with Crippen molar-refractivity contribution in [3.8, 4) is 44.5 Å². The Bertz CT molecular complexity index is 6230. The van der Waals surface area contributed by atoms with Gasteiger partial charge in [0.2, 0.25) is 0 Å². The fraction of sp³-hybridized carbons (Fsp3) is 0.276. The van der Waals surface area contributed by atoms with Gasteiger partial charge in [-0.1, -0.05) is 287 Å². The summed E-state index contributed by atoms with van der Waals surface area (Å²) < 4.78 is 0.